The van der Waals surface area contributed by atoms with Crippen molar-refractivity contribution in [1.29, 1.82) is 0 Å². The molecule has 0 fully saturated rings. The highest BCUT2D eigenvalue weighted by Crippen LogP contribution is 2.18. The molecule has 0 aliphatic carbocycles. The molecule has 0 radical (unpaired) electrons. The van der Waals surface area contributed by atoms with Gasteiger partial charge in [-0.3, -0.25) is 0 Å². The number of fused-ring (bicyclic) bond motifs is 1. The molecule has 0 aliphatic rings. The van der Waals surface area contributed by atoms with Gasteiger partial charge in [0.1, 0.15) is 6.33 Å². The quantitative estimate of drug-likeness (QED) is 0.773. The smallest absolute Gasteiger partial charge is 0.319 e. The summed E-state index contributed by atoms with van der Waals surface area (Å²) >= 11 is 0. The van der Waals surface area contributed by atoms with E-state index in [1.54, 1.807) is 10.9 Å². The first-order chi connectivity index (χ1) is 10.2. The van der Waals surface area contributed by atoms with Gasteiger partial charge in [0.15, 0.2) is 5.82 Å². The maximum Gasteiger partial charge on any atom is 0.319 e. The van der Waals surface area contributed by atoms with Gasteiger partial charge in [0.2, 0.25) is 0 Å². The van der Waals surface area contributed by atoms with Gasteiger partial charge in [0.05, 0.1) is 6.54 Å². The lowest BCUT2D eigenvalue weighted by Gasteiger charge is -2.08. The largest absolute Gasteiger partial charge is 0.331 e. The molecular weight excluding hydrogens is 266 g/mol. The third-order valence-corrected chi connectivity index (χ3v) is 3.22. The Labute approximate surface area is 121 Å². The lowest BCUT2D eigenvalue weighted by Crippen LogP contribution is -2.29. The Balaban J connectivity index is 1.64. The standard InChI is InChI=1S/C15H15N5O/c1-20-10-17-19-14(20)9-16-15(21)18-13-7-6-11-4-2-3-5-12(11)8-13/h2-8,10H,9H2,1H3,(H2,16,18,21). The van der Waals surface area contributed by atoms with E-state index in [0.29, 0.717) is 12.4 Å². The summed E-state index contributed by atoms with van der Waals surface area (Å²) < 4.78 is 1.76. The number of nitrogens with zero attached hydrogens (tertiary/aromatic N) is 3. The first-order valence-corrected chi connectivity index (χ1v) is 6.59. The molecule has 0 spiro atoms. The summed E-state index contributed by atoms with van der Waals surface area (Å²) in [5.74, 6) is 0.698. The van der Waals surface area contributed by atoms with Crippen molar-refractivity contribution in [2.24, 2.45) is 7.05 Å². The Kier molecular flexibility index (Phi) is 3.51. The lowest BCUT2D eigenvalue weighted by molar-refractivity contribution is 0.251. The van der Waals surface area contributed by atoms with Crippen LogP contribution in [0.25, 0.3) is 10.8 Å². The molecule has 1 aromatic heterocycles. The third-order valence-electron chi connectivity index (χ3n) is 3.22. The number of carbonyl (C=O) groups excluding carboxylic acids is 1. The van der Waals surface area contributed by atoms with Crippen molar-refractivity contribution in [2.75, 3.05) is 5.32 Å². The van der Waals surface area contributed by atoms with E-state index in [-0.39, 0.29) is 6.03 Å². The molecule has 6 nitrogen and oxygen atoms in total. The van der Waals surface area contributed by atoms with Crippen LogP contribution in [-0.2, 0) is 13.6 Å². The van der Waals surface area contributed by atoms with Crippen LogP contribution in [0.5, 0.6) is 0 Å². The molecule has 0 saturated carbocycles. The maximum atomic E-state index is 11.9. The minimum atomic E-state index is -0.270. The van der Waals surface area contributed by atoms with Crippen LogP contribution in [0.15, 0.2) is 48.8 Å². The summed E-state index contributed by atoms with van der Waals surface area (Å²) in [7, 11) is 1.83. The van der Waals surface area contributed by atoms with Gasteiger partial charge in [-0.1, -0.05) is 30.3 Å². The molecule has 2 aromatic carbocycles. The molecule has 1 heterocycles. The van der Waals surface area contributed by atoms with Gasteiger partial charge in [-0.2, -0.15) is 0 Å². The number of urea groups is 1. The average Bonchev–Trinajstić information content (AvgIpc) is 2.90. The molecule has 21 heavy (non-hydrogen) atoms. The van der Waals surface area contributed by atoms with E-state index in [0.717, 1.165) is 16.5 Å². The molecule has 2 N–H and O–H groups in total. The molecule has 0 saturated heterocycles. The van der Waals surface area contributed by atoms with Gasteiger partial charge in [-0.25, -0.2) is 4.79 Å². The van der Waals surface area contributed by atoms with Crippen LogP contribution in [0.3, 0.4) is 0 Å². The molecule has 0 unspecified atom stereocenters. The molecular formula is C15H15N5O. The van der Waals surface area contributed by atoms with Crippen LogP contribution in [0.4, 0.5) is 10.5 Å². The normalized spacial score (nSPS) is 10.5. The van der Waals surface area contributed by atoms with Crippen LogP contribution in [0.2, 0.25) is 0 Å². The van der Waals surface area contributed by atoms with Gasteiger partial charge in [0, 0.05) is 12.7 Å². The number of rotatable bonds is 3. The van der Waals surface area contributed by atoms with E-state index in [2.05, 4.69) is 20.8 Å². The predicted molar refractivity (Wildman–Crippen MR) is 80.8 cm³/mol. The van der Waals surface area contributed by atoms with Crippen molar-refractivity contribution in [3.8, 4) is 0 Å². The summed E-state index contributed by atoms with van der Waals surface area (Å²) in [6, 6.07) is 13.5. The number of hydrogen-bond donors (Lipinski definition) is 2. The summed E-state index contributed by atoms with van der Waals surface area (Å²) in [5, 5.41) is 15.5. The molecule has 0 bridgehead atoms. The van der Waals surface area contributed by atoms with Crippen molar-refractivity contribution < 1.29 is 4.79 Å². The second-order valence-corrected chi connectivity index (χ2v) is 4.73. The van der Waals surface area contributed by atoms with Crippen molar-refractivity contribution in [2.45, 2.75) is 6.54 Å². The minimum Gasteiger partial charge on any atom is -0.331 e. The van der Waals surface area contributed by atoms with E-state index in [4.69, 9.17) is 0 Å². The summed E-state index contributed by atoms with van der Waals surface area (Å²) in [4.78, 5) is 11.9. The van der Waals surface area contributed by atoms with Crippen LogP contribution in [-0.4, -0.2) is 20.8 Å². The van der Waals surface area contributed by atoms with Gasteiger partial charge >= 0.3 is 6.03 Å². The SMILES string of the molecule is Cn1cnnc1CNC(=O)Nc1ccc2ccccc2c1. The molecule has 3 aromatic rings. The maximum absolute atomic E-state index is 11.9. The Morgan fingerprint density at radius 1 is 1.19 bits per heavy atom. The number of amides is 2. The number of aryl methyl sites for hydroxylation is 1. The first kappa shape index (κ1) is 13.1. The molecule has 0 aliphatic heterocycles. The fourth-order valence-corrected chi connectivity index (χ4v) is 2.07. The van der Waals surface area contributed by atoms with E-state index >= 15 is 0 Å². The predicted octanol–water partition coefficient (Wildman–Crippen LogP) is 2.29. The van der Waals surface area contributed by atoms with Crippen molar-refractivity contribution >= 4 is 22.5 Å². The van der Waals surface area contributed by atoms with Gasteiger partial charge in [-0.15, -0.1) is 10.2 Å². The summed E-state index contributed by atoms with van der Waals surface area (Å²) in [6.45, 7) is 0.329. The number of carbonyl (C=O) groups is 1. The van der Waals surface area contributed by atoms with E-state index in [1.807, 2.05) is 49.5 Å². The van der Waals surface area contributed by atoms with Gasteiger partial charge in [-0.05, 0) is 22.9 Å². The number of benzene rings is 2. The third kappa shape index (κ3) is 3.00. The Morgan fingerprint density at radius 3 is 2.76 bits per heavy atom. The van der Waals surface area contributed by atoms with Crippen molar-refractivity contribution in [1.82, 2.24) is 20.1 Å². The summed E-state index contributed by atoms with van der Waals surface area (Å²) in [6.07, 6.45) is 1.60. The summed E-state index contributed by atoms with van der Waals surface area (Å²) in [5.41, 5.74) is 0.754. The molecule has 106 valence electrons. The van der Waals surface area contributed by atoms with Crippen LogP contribution in [0.1, 0.15) is 5.82 Å². The van der Waals surface area contributed by atoms with E-state index < -0.39 is 0 Å². The number of nitrogens with one attached hydrogen (secondary N) is 2. The Bertz CT molecular complexity index is 780. The van der Waals surface area contributed by atoms with Crippen LogP contribution >= 0.6 is 0 Å². The highest BCUT2D eigenvalue weighted by molar-refractivity contribution is 5.93. The van der Waals surface area contributed by atoms with E-state index in [1.165, 1.54) is 0 Å². The monoisotopic (exact) mass is 281 g/mol. The molecule has 2 amide bonds. The zero-order valence-corrected chi connectivity index (χ0v) is 11.6. The van der Waals surface area contributed by atoms with Crippen molar-refractivity contribution in [3.63, 3.8) is 0 Å². The second kappa shape index (κ2) is 5.62. The highest BCUT2D eigenvalue weighted by atomic mass is 16.2. The van der Waals surface area contributed by atoms with Crippen LogP contribution in [0, 0.1) is 0 Å². The second-order valence-electron chi connectivity index (χ2n) is 4.73. The average molecular weight is 281 g/mol. The molecule has 0 atom stereocenters. The van der Waals surface area contributed by atoms with Crippen molar-refractivity contribution in [3.05, 3.63) is 54.6 Å². The van der Waals surface area contributed by atoms with Crippen LogP contribution < -0.4 is 10.6 Å². The van der Waals surface area contributed by atoms with E-state index in [9.17, 15) is 4.79 Å². The zero-order chi connectivity index (χ0) is 14.7. The Hall–Kier alpha value is -2.89. The highest BCUT2D eigenvalue weighted by Gasteiger charge is 2.05. The fourth-order valence-electron chi connectivity index (χ4n) is 2.07. The number of hydrogen-bond acceptors (Lipinski definition) is 3. The topological polar surface area (TPSA) is 71.8 Å². The Morgan fingerprint density at radius 2 is 2.00 bits per heavy atom. The van der Waals surface area contributed by atoms with Gasteiger partial charge in [0.25, 0.3) is 0 Å². The number of aromatic nitrogens is 3. The number of anilines is 1. The lowest BCUT2D eigenvalue weighted by atomic mass is 10.1. The first-order valence-electron chi connectivity index (χ1n) is 6.59. The minimum absolute atomic E-state index is 0.270. The zero-order valence-electron chi connectivity index (χ0n) is 11.6. The fraction of sp³-hybridized carbons (Fsp3) is 0.133. The van der Waals surface area contributed by atoms with Gasteiger partial charge < -0.3 is 15.2 Å². The molecule has 3 rings (SSSR count). The molecule has 6 heteroatoms.